The number of amides is 1. The molecule has 0 aliphatic heterocycles. The lowest BCUT2D eigenvalue weighted by molar-refractivity contribution is 0.0954. The lowest BCUT2D eigenvalue weighted by Gasteiger charge is -2.15. The van der Waals surface area contributed by atoms with Crippen LogP contribution in [-0.4, -0.2) is 42.5 Å². The number of pyridine rings is 1. The van der Waals surface area contributed by atoms with Gasteiger partial charge in [-0.3, -0.25) is 4.79 Å². The maximum absolute atomic E-state index is 12.5. The third-order valence-corrected chi connectivity index (χ3v) is 5.67. The van der Waals surface area contributed by atoms with Gasteiger partial charge in [0, 0.05) is 28.6 Å². The molecule has 132 valence electrons. The van der Waals surface area contributed by atoms with Crippen molar-refractivity contribution in [1.82, 2.24) is 15.2 Å². The van der Waals surface area contributed by atoms with Crippen LogP contribution in [0.2, 0.25) is 5.15 Å². The molecule has 1 amide bonds. The molecule has 0 spiro atoms. The first-order valence-corrected chi connectivity index (χ1v) is 9.74. The topological polar surface area (TPSA) is 45.2 Å². The van der Waals surface area contributed by atoms with Crippen LogP contribution in [0.4, 0.5) is 0 Å². The van der Waals surface area contributed by atoms with E-state index in [9.17, 15) is 4.79 Å². The van der Waals surface area contributed by atoms with E-state index >= 15 is 0 Å². The summed E-state index contributed by atoms with van der Waals surface area (Å²) in [5.41, 5.74) is 0.853. The first kappa shape index (κ1) is 18.1. The number of hydrogen-bond acceptors (Lipinski definition) is 4. The van der Waals surface area contributed by atoms with E-state index in [0.29, 0.717) is 16.6 Å². The Morgan fingerprint density at radius 3 is 2.88 bits per heavy atom. The van der Waals surface area contributed by atoms with Crippen molar-refractivity contribution in [1.29, 1.82) is 0 Å². The molecule has 3 rings (SSSR count). The van der Waals surface area contributed by atoms with E-state index in [0.717, 1.165) is 34.1 Å². The number of nitrogens with one attached hydrogen (secondary N) is 1. The van der Waals surface area contributed by atoms with Crippen LogP contribution in [-0.2, 0) is 0 Å². The highest BCUT2D eigenvalue weighted by atomic mass is 35.5. The summed E-state index contributed by atoms with van der Waals surface area (Å²) in [6.45, 7) is 4.73. The first-order valence-electron chi connectivity index (χ1n) is 8.54. The molecule has 4 nitrogen and oxygen atoms in total. The minimum Gasteiger partial charge on any atom is -0.350 e. The summed E-state index contributed by atoms with van der Waals surface area (Å²) >= 11 is 7.78. The van der Waals surface area contributed by atoms with Gasteiger partial charge in [0.25, 0.3) is 5.91 Å². The number of rotatable bonds is 7. The minimum atomic E-state index is -0.0507. The molecule has 1 N–H and O–H groups in total. The third-order valence-electron chi connectivity index (χ3n) is 4.22. The van der Waals surface area contributed by atoms with Crippen molar-refractivity contribution in [2.75, 3.05) is 26.7 Å². The quantitative estimate of drug-likeness (QED) is 0.615. The zero-order valence-electron chi connectivity index (χ0n) is 14.5. The van der Waals surface area contributed by atoms with Crippen LogP contribution in [0.3, 0.4) is 0 Å². The average molecular weight is 376 g/mol. The Kier molecular flexibility index (Phi) is 5.89. The Morgan fingerprint density at radius 2 is 2.08 bits per heavy atom. The summed E-state index contributed by atoms with van der Waals surface area (Å²) in [4.78, 5) is 19.8. The van der Waals surface area contributed by atoms with Crippen LogP contribution in [0.15, 0.2) is 30.3 Å². The van der Waals surface area contributed by atoms with E-state index in [1.54, 1.807) is 0 Å². The zero-order valence-corrected chi connectivity index (χ0v) is 16.1. The Labute approximate surface area is 156 Å². The van der Waals surface area contributed by atoms with Gasteiger partial charge in [-0.1, -0.05) is 43.1 Å². The zero-order chi connectivity index (χ0) is 17.8. The van der Waals surface area contributed by atoms with Crippen molar-refractivity contribution < 1.29 is 4.79 Å². The maximum atomic E-state index is 12.5. The molecular formula is C19H22ClN3OS. The highest BCUT2D eigenvalue weighted by Crippen LogP contribution is 2.35. The van der Waals surface area contributed by atoms with Gasteiger partial charge in [-0.25, -0.2) is 4.98 Å². The molecule has 0 atom stereocenters. The summed E-state index contributed by atoms with van der Waals surface area (Å²) in [6, 6.07) is 9.71. The molecule has 3 aromatic rings. The van der Waals surface area contributed by atoms with Gasteiger partial charge in [0.15, 0.2) is 0 Å². The lowest BCUT2D eigenvalue weighted by atomic mass is 10.2. The second-order valence-corrected chi connectivity index (χ2v) is 7.60. The Morgan fingerprint density at radius 1 is 1.28 bits per heavy atom. The van der Waals surface area contributed by atoms with Crippen molar-refractivity contribution in [3.63, 3.8) is 0 Å². The van der Waals surface area contributed by atoms with E-state index in [2.05, 4.69) is 29.2 Å². The molecule has 1 aromatic carbocycles. The van der Waals surface area contributed by atoms with E-state index in [1.807, 2.05) is 30.3 Å². The molecular weight excluding hydrogens is 354 g/mol. The van der Waals surface area contributed by atoms with Crippen molar-refractivity contribution in [2.24, 2.45) is 0 Å². The smallest absolute Gasteiger partial charge is 0.261 e. The van der Waals surface area contributed by atoms with Crippen LogP contribution in [0.1, 0.15) is 29.4 Å². The molecule has 0 radical (unpaired) electrons. The molecule has 0 unspecified atom stereocenters. The van der Waals surface area contributed by atoms with Gasteiger partial charge in [0.1, 0.15) is 5.15 Å². The van der Waals surface area contributed by atoms with Crippen LogP contribution in [0.5, 0.6) is 0 Å². The van der Waals surface area contributed by atoms with Gasteiger partial charge in [0.2, 0.25) is 0 Å². The van der Waals surface area contributed by atoms with Crippen LogP contribution < -0.4 is 5.32 Å². The number of benzene rings is 1. The normalized spacial score (nSPS) is 11.5. The number of aromatic nitrogens is 1. The Balaban J connectivity index is 1.74. The second-order valence-electron chi connectivity index (χ2n) is 6.19. The van der Waals surface area contributed by atoms with Gasteiger partial charge in [-0.15, -0.1) is 11.3 Å². The number of hydrogen-bond donors (Lipinski definition) is 1. The average Bonchev–Trinajstić information content (AvgIpc) is 3.06. The lowest BCUT2D eigenvalue weighted by Crippen LogP contribution is -2.33. The van der Waals surface area contributed by atoms with Gasteiger partial charge in [-0.05, 0) is 32.1 Å². The van der Waals surface area contributed by atoms with Gasteiger partial charge < -0.3 is 10.2 Å². The molecule has 0 aliphatic rings. The molecule has 2 aromatic heterocycles. The number of thiophene rings is 1. The SMILES string of the molecule is CCCCN(C)CCNC(=O)c1cc2c(Cl)nc3ccccc3c2s1. The summed E-state index contributed by atoms with van der Waals surface area (Å²) in [7, 11) is 2.08. The van der Waals surface area contributed by atoms with Crippen molar-refractivity contribution in [3.8, 4) is 0 Å². The molecule has 2 heterocycles. The molecule has 0 saturated heterocycles. The second kappa shape index (κ2) is 8.13. The number of likely N-dealkylation sites (N-methyl/N-ethyl adjacent to an activating group) is 1. The number of halogens is 1. The highest BCUT2D eigenvalue weighted by Gasteiger charge is 2.15. The van der Waals surface area contributed by atoms with Crippen LogP contribution in [0, 0.1) is 0 Å². The van der Waals surface area contributed by atoms with Gasteiger partial charge in [-0.2, -0.15) is 0 Å². The Hall–Kier alpha value is -1.69. The van der Waals surface area contributed by atoms with E-state index in [1.165, 1.54) is 24.2 Å². The summed E-state index contributed by atoms with van der Waals surface area (Å²) < 4.78 is 1.01. The predicted octanol–water partition coefficient (Wildman–Crippen LogP) is 4.56. The number of fused-ring (bicyclic) bond motifs is 3. The maximum Gasteiger partial charge on any atom is 0.261 e. The molecule has 0 bridgehead atoms. The Bertz CT molecular complexity index is 893. The molecule has 0 aliphatic carbocycles. The number of carbonyl (C=O) groups excluding carboxylic acids is 1. The van der Waals surface area contributed by atoms with Crippen LogP contribution >= 0.6 is 22.9 Å². The largest absolute Gasteiger partial charge is 0.350 e. The number of carbonyl (C=O) groups is 1. The molecule has 6 heteroatoms. The van der Waals surface area contributed by atoms with Crippen molar-refractivity contribution in [3.05, 3.63) is 40.4 Å². The monoisotopic (exact) mass is 375 g/mol. The van der Waals surface area contributed by atoms with E-state index in [4.69, 9.17) is 11.6 Å². The minimum absolute atomic E-state index is 0.0507. The predicted molar refractivity (Wildman–Crippen MR) is 107 cm³/mol. The molecule has 0 fully saturated rings. The standard InChI is InChI=1S/C19H22ClN3OS/c1-3-4-10-23(2)11-9-21-19(24)16-12-14-17(25-16)13-7-5-6-8-15(13)22-18(14)20/h5-8,12H,3-4,9-11H2,1-2H3,(H,21,24). The number of nitrogens with zero attached hydrogens (tertiary/aromatic N) is 2. The van der Waals surface area contributed by atoms with Crippen molar-refractivity contribution in [2.45, 2.75) is 19.8 Å². The first-order chi connectivity index (χ1) is 12.1. The van der Waals surface area contributed by atoms with E-state index < -0.39 is 0 Å². The number of para-hydroxylation sites is 1. The fourth-order valence-electron chi connectivity index (χ4n) is 2.77. The van der Waals surface area contributed by atoms with Crippen LogP contribution in [0.25, 0.3) is 21.0 Å². The van der Waals surface area contributed by atoms with E-state index in [-0.39, 0.29) is 5.91 Å². The highest BCUT2D eigenvalue weighted by molar-refractivity contribution is 7.21. The summed E-state index contributed by atoms with van der Waals surface area (Å²) in [5.74, 6) is -0.0507. The number of unbranched alkanes of at least 4 members (excludes halogenated alkanes) is 1. The summed E-state index contributed by atoms with van der Waals surface area (Å²) in [5, 5.41) is 5.32. The fraction of sp³-hybridized carbons (Fsp3) is 0.368. The summed E-state index contributed by atoms with van der Waals surface area (Å²) in [6.07, 6.45) is 2.36. The fourth-order valence-corrected chi connectivity index (χ4v) is 4.18. The third kappa shape index (κ3) is 4.11. The molecule has 0 saturated carbocycles. The van der Waals surface area contributed by atoms with Gasteiger partial charge >= 0.3 is 0 Å². The van der Waals surface area contributed by atoms with Crippen molar-refractivity contribution >= 4 is 49.8 Å². The molecule has 25 heavy (non-hydrogen) atoms. The van der Waals surface area contributed by atoms with Gasteiger partial charge in [0.05, 0.1) is 10.4 Å².